The summed E-state index contributed by atoms with van der Waals surface area (Å²) in [6, 6.07) is 4.42. The lowest BCUT2D eigenvalue weighted by Gasteiger charge is -2.14. The minimum absolute atomic E-state index is 0.0429. The smallest absolute Gasteiger partial charge is 0.237 e. The molecular formula is C12H7NO4S. The van der Waals surface area contributed by atoms with Crippen LogP contribution in [0.4, 0.5) is 0 Å². The Morgan fingerprint density at radius 3 is 2.72 bits per heavy atom. The Morgan fingerprint density at radius 2 is 2.00 bits per heavy atom. The van der Waals surface area contributed by atoms with E-state index in [-0.39, 0.29) is 39.0 Å². The van der Waals surface area contributed by atoms with Crippen molar-refractivity contribution in [1.82, 2.24) is 4.37 Å². The molecule has 2 aromatic rings. The molecule has 5 nitrogen and oxygen atoms in total. The van der Waals surface area contributed by atoms with E-state index in [1.807, 2.05) is 0 Å². The Labute approximate surface area is 106 Å². The Balaban J connectivity index is 2.34. The van der Waals surface area contributed by atoms with Crippen LogP contribution >= 0.6 is 11.5 Å². The number of phenolic OH excluding ortho intramolecular Hbond substituents is 1. The average molecular weight is 261 g/mol. The fraction of sp³-hybridized carbons (Fsp3) is 0.0833. The monoisotopic (exact) mass is 261 g/mol. The van der Waals surface area contributed by atoms with Gasteiger partial charge in [0.05, 0.1) is 12.7 Å². The van der Waals surface area contributed by atoms with Crippen molar-refractivity contribution in [3.8, 4) is 11.6 Å². The third-order valence-corrected chi connectivity index (χ3v) is 3.63. The standard InChI is InChI=1S/C12H7NO4S/c1-17-12-8-9(15)5-3-2-4-6(14)7(5)10(16)11(8)18-13-12/h2-4,14H,1H3. The Kier molecular flexibility index (Phi) is 2.21. The largest absolute Gasteiger partial charge is 0.507 e. The van der Waals surface area contributed by atoms with Crippen molar-refractivity contribution in [3.63, 3.8) is 0 Å². The van der Waals surface area contributed by atoms with Gasteiger partial charge in [-0.25, -0.2) is 0 Å². The number of benzene rings is 1. The Bertz CT molecular complexity index is 689. The van der Waals surface area contributed by atoms with E-state index in [2.05, 4.69) is 4.37 Å². The van der Waals surface area contributed by atoms with E-state index in [0.29, 0.717) is 0 Å². The molecule has 0 radical (unpaired) electrons. The predicted molar refractivity (Wildman–Crippen MR) is 63.6 cm³/mol. The summed E-state index contributed by atoms with van der Waals surface area (Å²) in [7, 11) is 1.39. The van der Waals surface area contributed by atoms with Gasteiger partial charge in [-0.3, -0.25) is 9.59 Å². The van der Waals surface area contributed by atoms with Crippen molar-refractivity contribution in [2.45, 2.75) is 0 Å². The van der Waals surface area contributed by atoms with Crippen molar-refractivity contribution in [2.75, 3.05) is 7.11 Å². The van der Waals surface area contributed by atoms with Crippen LogP contribution in [0.1, 0.15) is 31.2 Å². The zero-order valence-corrected chi connectivity index (χ0v) is 10.1. The molecule has 3 rings (SSSR count). The number of aromatic hydroxyl groups is 1. The fourth-order valence-electron chi connectivity index (χ4n) is 1.99. The van der Waals surface area contributed by atoms with Gasteiger partial charge in [0.15, 0.2) is 0 Å². The molecule has 0 saturated heterocycles. The van der Waals surface area contributed by atoms with Gasteiger partial charge in [0, 0.05) is 5.56 Å². The lowest BCUT2D eigenvalue weighted by Crippen LogP contribution is -2.19. The molecule has 1 aliphatic carbocycles. The fourth-order valence-corrected chi connectivity index (χ4v) is 2.78. The van der Waals surface area contributed by atoms with Crippen LogP contribution in [0.15, 0.2) is 18.2 Å². The number of aromatic nitrogens is 1. The van der Waals surface area contributed by atoms with E-state index in [1.165, 1.54) is 25.3 Å². The molecule has 1 aromatic carbocycles. The lowest BCUT2D eigenvalue weighted by atomic mass is 9.88. The number of phenols is 1. The van der Waals surface area contributed by atoms with Gasteiger partial charge in [0.25, 0.3) is 0 Å². The highest BCUT2D eigenvalue weighted by atomic mass is 32.1. The minimum atomic E-state index is -0.390. The van der Waals surface area contributed by atoms with Crippen LogP contribution < -0.4 is 4.74 Å². The Morgan fingerprint density at radius 1 is 1.22 bits per heavy atom. The first kappa shape index (κ1) is 10.9. The molecule has 1 aliphatic rings. The number of ether oxygens (including phenoxy) is 1. The third kappa shape index (κ3) is 1.23. The zero-order valence-electron chi connectivity index (χ0n) is 9.26. The minimum Gasteiger partial charge on any atom is -0.507 e. The number of nitrogens with zero attached hydrogens (tertiary/aromatic N) is 1. The molecule has 0 bridgehead atoms. The van der Waals surface area contributed by atoms with Gasteiger partial charge < -0.3 is 9.84 Å². The third-order valence-electron chi connectivity index (χ3n) is 2.80. The molecule has 1 heterocycles. The first-order valence-electron chi connectivity index (χ1n) is 5.10. The van der Waals surface area contributed by atoms with E-state index in [9.17, 15) is 14.7 Å². The summed E-state index contributed by atoms with van der Waals surface area (Å²) in [5.74, 6) is -0.772. The molecule has 1 N–H and O–H groups in total. The van der Waals surface area contributed by atoms with E-state index in [4.69, 9.17) is 4.74 Å². The maximum Gasteiger partial charge on any atom is 0.237 e. The summed E-state index contributed by atoms with van der Waals surface area (Å²) in [5.41, 5.74) is 0.415. The number of methoxy groups -OCH3 is 1. The highest BCUT2D eigenvalue weighted by molar-refractivity contribution is 7.09. The second-order valence-electron chi connectivity index (χ2n) is 3.75. The predicted octanol–water partition coefficient (Wildman–Crippen LogP) is 1.63. The van der Waals surface area contributed by atoms with Crippen molar-refractivity contribution in [3.05, 3.63) is 39.8 Å². The van der Waals surface area contributed by atoms with Crippen LogP contribution in [0.2, 0.25) is 0 Å². The Hall–Kier alpha value is -2.21. The van der Waals surface area contributed by atoms with E-state index >= 15 is 0 Å². The van der Waals surface area contributed by atoms with Gasteiger partial charge in [-0.1, -0.05) is 12.1 Å². The van der Waals surface area contributed by atoms with Crippen molar-refractivity contribution >= 4 is 23.1 Å². The molecular weight excluding hydrogens is 254 g/mol. The second kappa shape index (κ2) is 3.64. The van der Waals surface area contributed by atoms with Gasteiger partial charge in [0.2, 0.25) is 17.4 Å². The van der Waals surface area contributed by atoms with Crippen molar-refractivity contribution < 1.29 is 19.4 Å². The van der Waals surface area contributed by atoms with Crippen LogP contribution in [-0.2, 0) is 0 Å². The molecule has 90 valence electrons. The van der Waals surface area contributed by atoms with Gasteiger partial charge in [-0.05, 0) is 17.6 Å². The highest BCUT2D eigenvalue weighted by Gasteiger charge is 2.36. The summed E-state index contributed by atoms with van der Waals surface area (Å²) in [4.78, 5) is 24.7. The van der Waals surface area contributed by atoms with Crippen molar-refractivity contribution in [1.29, 1.82) is 0 Å². The van der Waals surface area contributed by atoms with Crippen LogP contribution in [0, 0.1) is 0 Å². The van der Waals surface area contributed by atoms with Gasteiger partial charge in [-0.2, -0.15) is 4.37 Å². The van der Waals surface area contributed by atoms with Crippen LogP contribution in [0.3, 0.4) is 0 Å². The number of fused-ring (bicyclic) bond motifs is 2. The summed E-state index contributed by atoms with van der Waals surface area (Å²) in [5, 5.41) is 9.71. The summed E-state index contributed by atoms with van der Waals surface area (Å²) >= 11 is 0.904. The van der Waals surface area contributed by atoms with Crippen LogP contribution in [0.25, 0.3) is 0 Å². The topological polar surface area (TPSA) is 76.5 Å². The quantitative estimate of drug-likeness (QED) is 0.720. The van der Waals surface area contributed by atoms with E-state index in [0.717, 1.165) is 11.5 Å². The maximum atomic E-state index is 12.3. The molecule has 0 unspecified atom stereocenters. The lowest BCUT2D eigenvalue weighted by molar-refractivity contribution is 0.0977. The second-order valence-corrected chi connectivity index (χ2v) is 4.53. The SMILES string of the molecule is COc1nsc2c1C(=O)c1cccc(O)c1C2=O. The van der Waals surface area contributed by atoms with Crippen LogP contribution in [-0.4, -0.2) is 28.2 Å². The normalized spacial score (nSPS) is 13.2. The summed E-state index contributed by atoms with van der Waals surface area (Å²) in [6.07, 6.45) is 0. The molecule has 18 heavy (non-hydrogen) atoms. The molecule has 0 fully saturated rings. The first-order valence-corrected chi connectivity index (χ1v) is 5.87. The number of hydrogen-bond donors (Lipinski definition) is 1. The molecule has 6 heteroatoms. The van der Waals surface area contributed by atoms with Gasteiger partial charge in [0.1, 0.15) is 16.2 Å². The average Bonchev–Trinajstić information content (AvgIpc) is 2.80. The van der Waals surface area contributed by atoms with Crippen LogP contribution in [0.5, 0.6) is 11.6 Å². The molecule has 0 atom stereocenters. The number of carbonyl (C=O) groups is 2. The van der Waals surface area contributed by atoms with E-state index in [1.54, 1.807) is 0 Å². The van der Waals surface area contributed by atoms with E-state index < -0.39 is 5.78 Å². The molecule has 0 spiro atoms. The summed E-state index contributed by atoms with van der Waals surface area (Å²) in [6.45, 7) is 0. The number of rotatable bonds is 1. The molecule has 0 aliphatic heterocycles. The zero-order chi connectivity index (χ0) is 12.9. The first-order chi connectivity index (χ1) is 8.65. The molecule has 0 saturated carbocycles. The number of ketones is 2. The highest BCUT2D eigenvalue weighted by Crippen LogP contribution is 2.38. The van der Waals surface area contributed by atoms with Gasteiger partial charge in [-0.15, -0.1) is 0 Å². The molecule has 1 aromatic heterocycles. The number of carbonyl (C=O) groups excluding carboxylic acids is 2. The number of hydrogen-bond acceptors (Lipinski definition) is 6. The van der Waals surface area contributed by atoms with Crippen molar-refractivity contribution in [2.24, 2.45) is 0 Å². The molecule has 0 amide bonds. The van der Waals surface area contributed by atoms with Gasteiger partial charge >= 0.3 is 0 Å². The summed E-state index contributed by atoms with van der Waals surface area (Å²) < 4.78 is 8.91. The maximum absolute atomic E-state index is 12.3.